The van der Waals surface area contributed by atoms with Crippen LogP contribution < -0.4 is 10.6 Å². The smallest absolute Gasteiger partial charge is 0.418 e. The van der Waals surface area contributed by atoms with E-state index in [1.165, 1.54) is 36.4 Å². The first kappa shape index (κ1) is 22.0. The van der Waals surface area contributed by atoms with E-state index in [4.69, 9.17) is 4.42 Å². The molecule has 156 valence electrons. The van der Waals surface area contributed by atoms with Gasteiger partial charge in [-0.15, -0.1) is 11.8 Å². The van der Waals surface area contributed by atoms with E-state index in [9.17, 15) is 22.8 Å². The Labute approximate surface area is 182 Å². The molecule has 0 aliphatic carbocycles. The largest absolute Gasteiger partial charge is 0.472 e. The maximum atomic E-state index is 13.5. The summed E-state index contributed by atoms with van der Waals surface area (Å²) < 4.78 is 46.1. The molecule has 0 fully saturated rings. The molecule has 0 atom stereocenters. The maximum Gasteiger partial charge on any atom is 0.418 e. The Morgan fingerprint density at radius 1 is 1.03 bits per heavy atom. The van der Waals surface area contributed by atoms with Crippen molar-refractivity contribution >= 4 is 50.9 Å². The van der Waals surface area contributed by atoms with Gasteiger partial charge in [0.2, 0.25) is 5.91 Å². The Balaban J connectivity index is 1.71. The number of benzene rings is 2. The van der Waals surface area contributed by atoms with Crippen LogP contribution in [0.5, 0.6) is 0 Å². The van der Waals surface area contributed by atoms with Crippen LogP contribution in [0, 0.1) is 0 Å². The molecule has 3 aromatic rings. The molecule has 0 unspecified atom stereocenters. The van der Waals surface area contributed by atoms with E-state index < -0.39 is 23.6 Å². The SMILES string of the molecule is O=C(CSc1ccc(Br)cc1)Nc1ccc(NC(=O)c2ccoc2)cc1C(F)(F)F. The molecule has 2 aromatic carbocycles. The number of hydrogen-bond acceptors (Lipinski definition) is 4. The van der Waals surface area contributed by atoms with Crippen molar-refractivity contribution in [1.82, 2.24) is 0 Å². The van der Waals surface area contributed by atoms with Crippen molar-refractivity contribution in [2.24, 2.45) is 0 Å². The number of anilines is 2. The van der Waals surface area contributed by atoms with Gasteiger partial charge < -0.3 is 15.1 Å². The second-order valence-electron chi connectivity index (χ2n) is 6.02. The summed E-state index contributed by atoms with van der Waals surface area (Å²) in [6.07, 6.45) is -2.27. The number of thioether (sulfide) groups is 1. The molecular formula is C20H14BrF3N2O3S. The lowest BCUT2D eigenvalue weighted by molar-refractivity contribution is -0.136. The molecule has 1 heterocycles. The zero-order valence-electron chi connectivity index (χ0n) is 15.1. The molecule has 0 saturated carbocycles. The standard InChI is InChI=1S/C20H14BrF3N2O3S/c21-13-1-4-15(5-2-13)30-11-18(27)26-17-6-3-14(9-16(17)20(22,23)24)25-19(28)12-7-8-29-10-12/h1-10H,11H2,(H,25,28)(H,26,27). The Morgan fingerprint density at radius 2 is 1.77 bits per heavy atom. The summed E-state index contributed by atoms with van der Waals surface area (Å²) in [6, 6.07) is 11.7. The van der Waals surface area contributed by atoms with E-state index in [-0.39, 0.29) is 22.7 Å². The van der Waals surface area contributed by atoms with Crippen molar-refractivity contribution in [3.63, 3.8) is 0 Å². The summed E-state index contributed by atoms with van der Waals surface area (Å²) in [6.45, 7) is 0. The Hall–Kier alpha value is -2.72. The summed E-state index contributed by atoms with van der Waals surface area (Å²) >= 11 is 4.50. The van der Waals surface area contributed by atoms with Crippen LogP contribution in [0.25, 0.3) is 0 Å². The second-order valence-corrected chi connectivity index (χ2v) is 7.98. The van der Waals surface area contributed by atoms with Crippen molar-refractivity contribution in [1.29, 1.82) is 0 Å². The molecule has 3 rings (SSSR count). The topological polar surface area (TPSA) is 71.3 Å². The van der Waals surface area contributed by atoms with E-state index in [1.807, 2.05) is 0 Å². The summed E-state index contributed by atoms with van der Waals surface area (Å²) in [5.41, 5.74) is -1.33. The number of nitrogens with one attached hydrogen (secondary N) is 2. The lowest BCUT2D eigenvalue weighted by atomic mass is 10.1. The summed E-state index contributed by atoms with van der Waals surface area (Å²) in [5.74, 6) is -1.25. The van der Waals surface area contributed by atoms with Gasteiger partial charge in [-0.25, -0.2) is 0 Å². The zero-order valence-corrected chi connectivity index (χ0v) is 17.5. The molecule has 2 amide bonds. The van der Waals surface area contributed by atoms with Gasteiger partial charge in [-0.1, -0.05) is 15.9 Å². The van der Waals surface area contributed by atoms with Gasteiger partial charge in [0, 0.05) is 15.1 Å². The van der Waals surface area contributed by atoms with Crippen molar-refractivity contribution in [2.75, 3.05) is 16.4 Å². The van der Waals surface area contributed by atoms with E-state index >= 15 is 0 Å². The summed E-state index contributed by atoms with van der Waals surface area (Å²) in [7, 11) is 0. The highest BCUT2D eigenvalue weighted by Crippen LogP contribution is 2.37. The van der Waals surface area contributed by atoms with Crippen molar-refractivity contribution in [3.05, 3.63) is 76.7 Å². The highest BCUT2D eigenvalue weighted by molar-refractivity contribution is 9.10. The van der Waals surface area contributed by atoms with Gasteiger partial charge >= 0.3 is 6.18 Å². The first-order chi connectivity index (χ1) is 14.2. The third-order valence-electron chi connectivity index (χ3n) is 3.82. The Kier molecular flexibility index (Phi) is 6.88. The van der Waals surface area contributed by atoms with E-state index in [0.29, 0.717) is 0 Å². The van der Waals surface area contributed by atoms with Crippen molar-refractivity contribution in [3.8, 4) is 0 Å². The van der Waals surface area contributed by atoms with Gasteiger partial charge in [0.05, 0.1) is 28.8 Å². The van der Waals surface area contributed by atoms with E-state index in [1.54, 1.807) is 24.3 Å². The lowest BCUT2D eigenvalue weighted by Crippen LogP contribution is -2.19. The molecule has 0 saturated heterocycles. The monoisotopic (exact) mass is 498 g/mol. The van der Waals surface area contributed by atoms with Crippen LogP contribution in [0.3, 0.4) is 0 Å². The van der Waals surface area contributed by atoms with E-state index in [2.05, 4.69) is 26.6 Å². The van der Waals surface area contributed by atoms with Crippen LogP contribution in [0.1, 0.15) is 15.9 Å². The van der Waals surface area contributed by atoms with Gasteiger partial charge in [0.15, 0.2) is 0 Å². The van der Waals surface area contributed by atoms with Gasteiger partial charge in [-0.05, 0) is 48.5 Å². The normalized spacial score (nSPS) is 11.2. The number of rotatable bonds is 6. The van der Waals surface area contributed by atoms with Crippen LogP contribution in [-0.4, -0.2) is 17.6 Å². The fourth-order valence-electron chi connectivity index (χ4n) is 2.43. The summed E-state index contributed by atoms with van der Waals surface area (Å²) in [4.78, 5) is 25.0. The molecule has 0 bridgehead atoms. The third-order valence-corrected chi connectivity index (χ3v) is 5.36. The van der Waals surface area contributed by atoms with Crippen molar-refractivity contribution in [2.45, 2.75) is 11.1 Å². The van der Waals surface area contributed by atoms with Crippen LogP contribution in [0.2, 0.25) is 0 Å². The van der Waals surface area contributed by atoms with E-state index in [0.717, 1.165) is 21.5 Å². The van der Waals surface area contributed by atoms with Crippen LogP contribution in [0.15, 0.2) is 74.8 Å². The quantitative estimate of drug-likeness (QED) is 0.406. The van der Waals surface area contributed by atoms with Crippen LogP contribution >= 0.6 is 27.7 Å². The number of amides is 2. The molecule has 10 heteroatoms. The van der Waals surface area contributed by atoms with Gasteiger partial charge in [-0.2, -0.15) is 13.2 Å². The fraction of sp³-hybridized carbons (Fsp3) is 0.100. The molecule has 0 aliphatic rings. The lowest BCUT2D eigenvalue weighted by Gasteiger charge is -2.15. The molecule has 0 radical (unpaired) electrons. The number of furan rings is 1. The Bertz CT molecular complexity index is 1040. The Morgan fingerprint density at radius 3 is 2.40 bits per heavy atom. The van der Waals surface area contributed by atoms with Crippen LogP contribution in [0.4, 0.5) is 24.5 Å². The molecule has 2 N–H and O–H groups in total. The predicted octanol–water partition coefficient (Wildman–Crippen LogP) is 6.04. The molecule has 5 nitrogen and oxygen atoms in total. The molecule has 0 spiro atoms. The minimum Gasteiger partial charge on any atom is -0.472 e. The fourth-order valence-corrected chi connectivity index (χ4v) is 3.39. The molecular weight excluding hydrogens is 485 g/mol. The average molecular weight is 499 g/mol. The first-order valence-electron chi connectivity index (χ1n) is 8.45. The van der Waals surface area contributed by atoms with Gasteiger partial charge in [-0.3, -0.25) is 9.59 Å². The van der Waals surface area contributed by atoms with Gasteiger partial charge in [0.25, 0.3) is 5.91 Å². The third kappa shape index (κ3) is 5.90. The first-order valence-corrected chi connectivity index (χ1v) is 10.2. The number of alkyl halides is 3. The van der Waals surface area contributed by atoms with Gasteiger partial charge in [0.1, 0.15) is 6.26 Å². The second kappa shape index (κ2) is 9.40. The predicted molar refractivity (Wildman–Crippen MR) is 112 cm³/mol. The van der Waals surface area contributed by atoms with Crippen molar-refractivity contribution < 1.29 is 27.2 Å². The molecule has 1 aromatic heterocycles. The van der Waals surface area contributed by atoms with Crippen LogP contribution in [-0.2, 0) is 11.0 Å². The average Bonchev–Trinajstić information content (AvgIpc) is 3.23. The summed E-state index contributed by atoms with van der Waals surface area (Å²) in [5, 5.41) is 4.66. The number of carbonyl (C=O) groups excluding carboxylic acids is 2. The molecule has 30 heavy (non-hydrogen) atoms. The zero-order chi connectivity index (χ0) is 21.7. The highest BCUT2D eigenvalue weighted by atomic mass is 79.9. The minimum atomic E-state index is -4.72. The molecule has 0 aliphatic heterocycles. The minimum absolute atomic E-state index is 0.0576. The number of carbonyl (C=O) groups is 2. The number of hydrogen-bond donors (Lipinski definition) is 2. The highest BCUT2D eigenvalue weighted by Gasteiger charge is 2.34. The number of halogens is 4. The maximum absolute atomic E-state index is 13.5.